The number of anilines is 4. The van der Waals surface area contributed by atoms with Crippen LogP contribution in [0, 0.1) is 20.8 Å². The van der Waals surface area contributed by atoms with Gasteiger partial charge in [-0.15, -0.1) is 5.10 Å². The van der Waals surface area contributed by atoms with Crippen LogP contribution in [0.4, 0.5) is 23.1 Å². The Bertz CT molecular complexity index is 859. The van der Waals surface area contributed by atoms with Crippen molar-refractivity contribution in [3.63, 3.8) is 0 Å². The number of hydrogen-bond donors (Lipinski definition) is 2. The molecule has 0 radical (unpaired) electrons. The third-order valence-electron chi connectivity index (χ3n) is 3.74. The van der Waals surface area contributed by atoms with Crippen molar-refractivity contribution in [3.05, 3.63) is 64.3 Å². The summed E-state index contributed by atoms with van der Waals surface area (Å²) in [7, 11) is 0. The van der Waals surface area contributed by atoms with Crippen LogP contribution in [0.25, 0.3) is 0 Å². The lowest BCUT2D eigenvalue weighted by atomic mass is 10.1. The molecule has 0 unspecified atom stereocenters. The number of aromatic nitrogens is 3. The second kappa shape index (κ2) is 6.84. The molecule has 24 heavy (non-hydrogen) atoms. The Labute approximate surface area is 146 Å². The predicted molar refractivity (Wildman–Crippen MR) is 98.5 cm³/mol. The van der Waals surface area contributed by atoms with E-state index in [0.717, 1.165) is 28.1 Å². The second-order valence-electron chi connectivity index (χ2n) is 5.64. The van der Waals surface area contributed by atoms with E-state index in [1.807, 2.05) is 31.2 Å². The summed E-state index contributed by atoms with van der Waals surface area (Å²) in [4.78, 5) is 4.48. The Balaban J connectivity index is 1.86. The summed E-state index contributed by atoms with van der Waals surface area (Å²) in [5.74, 6) is 1.04. The molecule has 122 valence electrons. The van der Waals surface area contributed by atoms with E-state index in [0.29, 0.717) is 16.8 Å². The van der Waals surface area contributed by atoms with Crippen molar-refractivity contribution < 1.29 is 0 Å². The maximum atomic E-state index is 6.05. The third-order valence-corrected chi connectivity index (χ3v) is 3.97. The van der Waals surface area contributed by atoms with Gasteiger partial charge >= 0.3 is 0 Å². The van der Waals surface area contributed by atoms with Crippen LogP contribution in [0.1, 0.15) is 16.7 Å². The molecule has 1 heterocycles. The van der Waals surface area contributed by atoms with Gasteiger partial charge in [-0.1, -0.05) is 35.9 Å². The van der Waals surface area contributed by atoms with Gasteiger partial charge in [0, 0.05) is 16.4 Å². The highest BCUT2D eigenvalue weighted by molar-refractivity contribution is 6.30. The molecule has 2 N–H and O–H groups in total. The van der Waals surface area contributed by atoms with Gasteiger partial charge in [-0.25, -0.2) is 0 Å². The largest absolute Gasteiger partial charge is 0.338 e. The van der Waals surface area contributed by atoms with Crippen molar-refractivity contribution in [1.82, 2.24) is 15.2 Å². The number of aryl methyl sites for hydroxylation is 3. The zero-order valence-corrected chi connectivity index (χ0v) is 14.5. The molecule has 1 aromatic heterocycles. The van der Waals surface area contributed by atoms with Crippen LogP contribution in [0.15, 0.2) is 42.6 Å². The second-order valence-corrected chi connectivity index (χ2v) is 6.08. The summed E-state index contributed by atoms with van der Waals surface area (Å²) >= 11 is 6.05. The Morgan fingerprint density at radius 1 is 0.917 bits per heavy atom. The van der Waals surface area contributed by atoms with Gasteiger partial charge in [0.05, 0.1) is 6.20 Å². The molecule has 0 aliphatic heterocycles. The summed E-state index contributed by atoms with van der Waals surface area (Å²) in [6, 6.07) is 11.8. The van der Waals surface area contributed by atoms with Gasteiger partial charge in [-0.2, -0.15) is 10.1 Å². The van der Waals surface area contributed by atoms with Gasteiger partial charge < -0.3 is 10.6 Å². The van der Waals surface area contributed by atoms with Crippen LogP contribution in [-0.4, -0.2) is 15.2 Å². The molecule has 0 spiro atoms. The molecule has 0 aliphatic rings. The molecule has 0 bridgehead atoms. The zero-order valence-electron chi connectivity index (χ0n) is 13.8. The fourth-order valence-electron chi connectivity index (χ4n) is 2.41. The lowest BCUT2D eigenvalue weighted by molar-refractivity contribution is 0.981. The Morgan fingerprint density at radius 3 is 2.42 bits per heavy atom. The lowest BCUT2D eigenvalue weighted by Gasteiger charge is -2.13. The Kier molecular flexibility index (Phi) is 4.62. The van der Waals surface area contributed by atoms with Crippen molar-refractivity contribution in [2.75, 3.05) is 10.6 Å². The summed E-state index contributed by atoms with van der Waals surface area (Å²) in [6.45, 7) is 6.10. The zero-order chi connectivity index (χ0) is 17.1. The number of hydrogen-bond acceptors (Lipinski definition) is 5. The van der Waals surface area contributed by atoms with E-state index in [1.165, 1.54) is 0 Å². The maximum Gasteiger partial charge on any atom is 0.249 e. The van der Waals surface area contributed by atoms with Gasteiger partial charge in [0.1, 0.15) is 0 Å². The summed E-state index contributed by atoms with van der Waals surface area (Å²) in [5.41, 5.74) is 5.23. The van der Waals surface area contributed by atoms with Crippen molar-refractivity contribution in [3.8, 4) is 0 Å². The molecular formula is C18H18ClN5. The van der Waals surface area contributed by atoms with Crippen LogP contribution < -0.4 is 10.6 Å². The van der Waals surface area contributed by atoms with Crippen molar-refractivity contribution in [2.24, 2.45) is 0 Å². The van der Waals surface area contributed by atoms with Gasteiger partial charge in [-0.3, -0.25) is 0 Å². The maximum absolute atomic E-state index is 6.05. The highest BCUT2D eigenvalue weighted by atomic mass is 35.5. The smallest absolute Gasteiger partial charge is 0.249 e. The highest BCUT2D eigenvalue weighted by Gasteiger charge is 2.07. The van der Waals surface area contributed by atoms with Crippen LogP contribution in [0.5, 0.6) is 0 Å². The molecule has 0 saturated carbocycles. The Hall–Kier alpha value is -2.66. The standard InChI is InChI=1S/C18H18ClN5/c1-11-7-8-14(19)9-15(11)21-18-23-16(10-20-24-18)22-17-12(2)5-4-6-13(17)3/h4-10H,1-3H3,(H2,21,22,23,24). The first-order chi connectivity index (χ1) is 11.5. The molecule has 0 saturated heterocycles. The number of para-hydroxylation sites is 1. The van der Waals surface area contributed by atoms with Crippen LogP contribution in [-0.2, 0) is 0 Å². The summed E-state index contributed by atoms with van der Waals surface area (Å²) in [5, 5.41) is 15.2. The third kappa shape index (κ3) is 3.63. The lowest BCUT2D eigenvalue weighted by Crippen LogP contribution is -2.04. The minimum absolute atomic E-state index is 0.414. The first-order valence-electron chi connectivity index (χ1n) is 7.59. The van der Waals surface area contributed by atoms with Gasteiger partial charge in [-0.05, 0) is 49.6 Å². The molecule has 3 aromatic rings. The van der Waals surface area contributed by atoms with E-state index < -0.39 is 0 Å². The minimum atomic E-state index is 0.414. The van der Waals surface area contributed by atoms with E-state index in [2.05, 4.69) is 51.8 Å². The predicted octanol–water partition coefficient (Wildman–Crippen LogP) is 4.94. The Morgan fingerprint density at radius 2 is 1.67 bits per heavy atom. The van der Waals surface area contributed by atoms with Crippen molar-refractivity contribution in [1.29, 1.82) is 0 Å². The molecule has 0 atom stereocenters. The molecular weight excluding hydrogens is 322 g/mol. The first kappa shape index (κ1) is 16.2. The molecule has 5 nitrogen and oxygen atoms in total. The molecule has 0 aliphatic carbocycles. The first-order valence-corrected chi connectivity index (χ1v) is 7.97. The average molecular weight is 340 g/mol. The summed E-state index contributed by atoms with van der Waals surface area (Å²) < 4.78 is 0. The van der Waals surface area contributed by atoms with Crippen LogP contribution in [0.3, 0.4) is 0 Å². The number of nitrogens with zero attached hydrogens (tertiary/aromatic N) is 3. The number of nitrogens with one attached hydrogen (secondary N) is 2. The normalized spacial score (nSPS) is 10.5. The van der Waals surface area contributed by atoms with Gasteiger partial charge in [0.2, 0.25) is 5.95 Å². The number of halogens is 1. The topological polar surface area (TPSA) is 62.7 Å². The van der Waals surface area contributed by atoms with Crippen LogP contribution >= 0.6 is 11.6 Å². The molecule has 2 aromatic carbocycles. The van der Waals surface area contributed by atoms with Gasteiger partial charge in [0.15, 0.2) is 5.82 Å². The molecule has 3 rings (SSSR count). The monoisotopic (exact) mass is 339 g/mol. The van der Waals surface area contributed by atoms with Crippen molar-refractivity contribution in [2.45, 2.75) is 20.8 Å². The fraction of sp³-hybridized carbons (Fsp3) is 0.167. The SMILES string of the molecule is Cc1ccc(Cl)cc1Nc1nncc(Nc2c(C)cccc2C)n1. The van der Waals surface area contributed by atoms with Crippen molar-refractivity contribution >= 4 is 34.7 Å². The fourth-order valence-corrected chi connectivity index (χ4v) is 2.58. The number of rotatable bonds is 4. The van der Waals surface area contributed by atoms with E-state index in [9.17, 15) is 0 Å². The van der Waals surface area contributed by atoms with E-state index in [1.54, 1.807) is 6.20 Å². The minimum Gasteiger partial charge on any atom is -0.338 e. The van der Waals surface area contributed by atoms with Crippen LogP contribution in [0.2, 0.25) is 5.02 Å². The van der Waals surface area contributed by atoms with E-state index in [-0.39, 0.29) is 0 Å². The quantitative estimate of drug-likeness (QED) is 0.705. The summed E-state index contributed by atoms with van der Waals surface area (Å²) in [6.07, 6.45) is 1.60. The molecule has 0 fully saturated rings. The molecule has 0 amide bonds. The average Bonchev–Trinajstić information content (AvgIpc) is 2.55. The number of benzene rings is 2. The van der Waals surface area contributed by atoms with E-state index >= 15 is 0 Å². The van der Waals surface area contributed by atoms with E-state index in [4.69, 9.17) is 11.6 Å². The molecule has 6 heteroatoms. The highest BCUT2D eigenvalue weighted by Crippen LogP contribution is 2.25. The van der Waals surface area contributed by atoms with Gasteiger partial charge in [0.25, 0.3) is 0 Å².